The first-order valence-electron chi connectivity index (χ1n) is 9.48. The first-order chi connectivity index (χ1) is 14.8. The van der Waals surface area contributed by atoms with Gasteiger partial charge in [-0.15, -0.1) is 11.3 Å². The van der Waals surface area contributed by atoms with Crippen molar-refractivity contribution >= 4 is 75.8 Å². The van der Waals surface area contributed by atoms with Gasteiger partial charge in [-0.05, 0) is 30.3 Å². The fourth-order valence-corrected chi connectivity index (χ4v) is 4.89. The van der Waals surface area contributed by atoms with Crippen LogP contribution < -0.4 is 0 Å². The number of thiophene rings is 1. The second kappa shape index (κ2) is 5.74. The van der Waals surface area contributed by atoms with E-state index in [1.165, 1.54) is 0 Å². The summed E-state index contributed by atoms with van der Waals surface area (Å²) < 4.78 is 1.15. The van der Waals surface area contributed by atoms with Crippen molar-refractivity contribution < 1.29 is 0 Å². The van der Waals surface area contributed by atoms with Crippen LogP contribution in [0.15, 0.2) is 61.1 Å². The average molecular weight is 407 g/mol. The van der Waals surface area contributed by atoms with Crippen LogP contribution in [-0.2, 0) is 0 Å². The van der Waals surface area contributed by atoms with Crippen LogP contribution in [0.2, 0.25) is 0 Å². The molecule has 7 rings (SSSR count). The van der Waals surface area contributed by atoms with Gasteiger partial charge in [-0.25, -0.2) is 4.98 Å². The number of fused-ring (bicyclic) bond motifs is 9. The van der Waals surface area contributed by atoms with Crippen molar-refractivity contribution in [2.45, 2.75) is 0 Å². The van der Waals surface area contributed by atoms with Gasteiger partial charge in [0, 0.05) is 27.1 Å². The van der Waals surface area contributed by atoms with Crippen molar-refractivity contribution in [2.24, 2.45) is 0 Å². The molecule has 1 aromatic carbocycles. The molecule has 7 aromatic rings. The van der Waals surface area contributed by atoms with E-state index in [-0.39, 0.29) is 0 Å². The summed E-state index contributed by atoms with van der Waals surface area (Å²) in [5.41, 5.74) is 6.05. The zero-order valence-electron chi connectivity index (χ0n) is 15.5. The Kier molecular flexibility index (Phi) is 3.03. The quantitative estimate of drug-likeness (QED) is 0.315. The fraction of sp³-hybridized carbons (Fsp3) is 0. The van der Waals surface area contributed by atoms with Crippen LogP contribution in [-0.4, -0.2) is 35.1 Å². The summed E-state index contributed by atoms with van der Waals surface area (Å²) in [5.74, 6) is 0. The molecular formula is C22H13N7S. The predicted octanol–water partition coefficient (Wildman–Crippen LogP) is 5.36. The lowest BCUT2D eigenvalue weighted by atomic mass is 10.2. The third kappa shape index (κ3) is 2.25. The Hall–Kier alpha value is -4.04. The van der Waals surface area contributed by atoms with E-state index in [2.05, 4.69) is 54.4 Å². The summed E-state index contributed by atoms with van der Waals surface area (Å²) in [6, 6.07) is 14.5. The summed E-state index contributed by atoms with van der Waals surface area (Å²) in [6.45, 7) is 0. The minimum absolute atomic E-state index is 0.734. The molecule has 0 unspecified atom stereocenters. The molecule has 0 atom stereocenters. The average Bonchev–Trinajstić information content (AvgIpc) is 3.50. The largest absolute Gasteiger partial charge is 0.346 e. The molecule has 0 spiro atoms. The van der Waals surface area contributed by atoms with Gasteiger partial charge in [0.05, 0.1) is 44.8 Å². The lowest BCUT2D eigenvalue weighted by molar-refractivity contribution is 1.14. The van der Waals surface area contributed by atoms with Gasteiger partial charge in [-0.1, -0.05) is 12.1 Å². The number of pyridine rings is 2. The highest BCUT2D eigenvalue weighted by molar-refractivity contribution is 7.23. The number of rotatable bonds is 0. The van der Waals surface area contributed by atoms with Crippen molar-refractivity contribution in [1.29, 1.82) is 0 Å². The Morgan fingerprint density at radius 1 is 0.833 bits per heavy atom. The van der Waals surface area contributed by atoms with E-state index in [0.717, 1.165) is 64.4 Å². The van der Waals surface area contributed by atoms with Gasteiger partial charge in [-0.2, -0.15) is 5.10 Å². The Balaban J connectivity index is 1.80. The van der Waals surface area contributed by atoms with Crippen LogP contribution in [0.3, 0.4) is 0 Å². The Morgan fingerprint density at radius 2 is 1.83 bits per heavy atom. The maximum absolute atomic E-state index is 4.93. The van der Waals surface area contributed by atoms with E-state index in [9.17, 15) is 0 Å². The molecular weight excluding hydrogens is 394 g/mol. The van der Waals surface area contributed by atoms with Crippen LogP contribution in [0.25, 0.3) is 64.4 Å². The number of aromatic amines is 3. The minimum atomic E-state index is 0.734. The Bertz CT molecular complexity index is 1820. The molecule has 6 aromatic heterocycles. The van der Waals surface area contributed by atoms with E-state index in [1.54, 1.807) is 17.5 Å². The number of hydrogen-bond donors (Lipinski definition) is 3. The standard InChI is InChI=1S/C22H13N7S/c1-2-13-18-4-5-19(30-18)25-12-6-11(8-23-9-12)16-7-14-17(10-24-16)28-29-21(14)22-26-15(3-1)20(13)27-22/h1-10,25H,(H,26,27)(H,28,29). The van der Waals surface area contributed by atoms with Gasteiger partial charge in [0.25, 0.3) is 0 Å². The molecule has 7 nitrogen and oxygen atoms in total. The van der Waals surface area contributed by atoms with Gasteiger partial charge < -0.3 is 9.97 Å². The van der Waals surface area contributed by atoms with Gasteiger partial charge in [0.2, 0.25) is 0 Å². The molecule has 0 aliphatic heterocycles. The van der Waals surface area contributed by atoms with Crippen molar-refractivity contribution in [3.63, 3.8) is 0 Å². The molecule has 0 saturated carbocycles. The van der Waals surface area contributed by atoms with Gasteiger partial charge >= 0.3 is 0 Å². The van der Waals surface area contributed by atoms with Crippen LogP contribution in [0.5, 0.6) is 0 Å². The minimum Gasteiger partial charge on any atom is -0.346 e. The van der Waals surface area contributed by atoms with Gasteiger partial charge in [-0.3, -0.25) is 15.1 Å². The molecule has 8 heteroatoms. The maximum Gasteiger partial charge on any atom is 0.159 e. The number of benzene rings is 1. The number of nitrogens with one attached hydrogen (secondary N) is 3. The fourth-order valence-electron chi connectivity index (χ4n) is 3.94. The van der Waals surface area contributed by atoms with Gasteiger partial charge in [0.15, 0.2) is 5.65 Å². The van der Waals surface area contributed by atoms with Crippen molar-refractivity contribution in [1.82, 2.24) is 35.1 Å². The summed E-state index contributed by atoms with van der Waals surface area (Å²) >= 11 is 1.69. The first kappa shape index (κ1) is 15.8. The lowest BCUT2D eigenvalue weighted by Gasteiger charge is -1.95. The number of aromatic nitrogens is 7. The normalized spacial score (nSPS) is 12.0. The second-order valence-electron chi connectivity index (χ2n) is 7.23. The smallest absolute Gasteiger partial charge is 0.159 e. The molecule has 0 aliphatic rings. The molecule has 142 valence electrons. The number of para-hydroxylation sites is 1. The highest BCUT2D eigenvalue weighted by atomic mass is 32.1. The molecule has 0 fully saturated rings. The topological polar surface area (TPSA) is 98.9 Å². The third-order valence-electron chi connectivity index (χ3n) is 5.36. The van der Waals surface area contributed by atoms with Crippen LogP contribution in [0, 0.1) is 0 Å². The lowest BCUT2D eigenvalue weighted by Crippen LogP contribution is -1.80. The highest BCUT2D eigenvalue weighted by Crippen LogP contribution is 2.29. The molecule has 3 N–H and O–H groups in total. The number of H-pyrrole nitrogens is 3. The molecule has 8 bridgehead atoms. The molecule has 6 heterocycles. The molecule has 0 saturated heterocycles. The summed E-state index contributed by atoms with van der Waals surface area (Å²) in [5, 5.41) is 10.6. The maximum atomic E-state index is 4.93. The molecule has 0 amide bonds. The SMILES string of the molecule is c1cc2[nH]c3nc2c(c1)c1ccc([nH]c2cncc(c2)c2cc4c(cn2)[nH]nc34)s1. The molecule has 0 aliphatic carbocycles. The summed E-state index contributed by atoms with van der Waals surface area (Å²) in [7, 11) is 0. The molecule has 30 heavy (non-hydrogen) atoms. The zero-order valence-corrected chi connectivity index (χ0v) is 16.3. The Labute approximate surface area is 172 Å². The number of nitrogens with zero attached hydrogens (tertiary/aromatic N) is 4. The van der Waals surface area contributed by atoms with E-state index >= 15 is 0 Å². The monoisotopic (exact) mass is 407 g/mol. The second-order valence-corrected chi connectivity index (χ2v) is 8.31. The van der Waals surface area contributed by atoms with Crippen molar-refractivity contribution in [3.8, 4) is 0 Å². The van der Waals surface area contributed by atoms with Crippen LogP contribution in [0.4, 0.5) is 0 Å². The Morgan fingerprint density at radius 3 is 2.83 bits per heavy atom. The van der Waals surface area contributed by atoms with Crippen molar-refractivity contribution in [2.75, 3.05) is 0 Å². The van der Waals surface area contributed by atoms with Gasteiger partial charge in [0.1, 0.15) is 5.52 Å². The third-order valence-corrected chi connectivity index (χ3v) is 6.39. The molecule has 0 radical (unpaired) electrons. The van der Waals surface area contributed by atoms with E-state index < -0.39 is 0 Å². The number of imidazole rings is 1. The van der Waals surface area contributed by atoms with E-state index in [0.29, 0.717) is 0 Å². The van der Waals surface area contributed by atoms with Crippen LogP contribution >= 0.6 is 11.3 Å². The zero-order chi connectivity index (χ0) is 19.7. The first-order valence-corrected chi connectivity index (χ1v) is 10.3. The number of hydrogen-bond acceptors (Lipinski definition) is 5. The highest BCUT2D eigenvalue weighted by Gasteiger charge is 2.10. The summed E-state index contributed by atoms with van der Waals surface area (Å²) in [4.78, 5) is 21.9. The van der Waals surface area contributed by atoms with Crippen molar-refractivity contribution in [3.05, 3.63) is 61.1 Å². The van der Waals surface area contributed by atoms with E-state index in [4.69, 9.17) is 4.98 Å². The predicted molar refractivity (Wildman–Crippen MR) is 121 cm³/mol. The summed E-state index contributed by atoms with van der Waals surface area (Å²) in [6.07, 6.45) is 5.45. The van der Waals surface area contributed by atoms with E-state index in [1.807, 2.05) is 30.6 Å². The van der Waals surface area contributed by atoms with Crippen LogP contribution in [0.1, 0.15) is 0 Å².